The van der Waals surface area contributed by atoms with Crippen LogP contribution in [0.2, 0.25) is 0 Å². The Bertz CT molecular complexity index is 358. The number of rotatable bonds is 9. The molecule has 20 heavy (non-hydrogen) atoms. The third-order valence-electron chi connectivity index (χ3n) is 3.99. The highest BCUT2D eigenvalue weighted by atomic mass is 16.5. The summed E-state index contributed by atoms with van der Waals surface area (Å²) in [5.74, 6) is 0. The summed E-state index contributed by atoms with van der Waals surface area (Å²) in [7, 11) is 1.75. The van der Waals surface area contributed by atoms with Crippen molar-refractivity contribution >= 4 is 0 Å². The monoisotopic (exact) mass is 279 g/mol. The number of aromatic nitrogens is 1. The van der Waals surface area contributed by atoms with Gasteiger partial charge in [-0.05, 0) is 37.5 Å². The molecule has 0 spiro atoms. The van der Waals surface area contributed by atoms with Gasteiger partial charge in [0.05, 0.1) is 12.6 Å². The summed E-state index contributed by atoms with van der Waals surface area (Å²) in [4.78, 5) is 6.58. The Balaban J connectivity index is 3.04. The van der Waals surface area contributed by atoms with E-state index in [1.165, 1.54) is 5.56 Å². The van der Waals surface area contributed by atoms with Crippen LogP contribution in [0, 0.1) is 0 Å². The van der Waals surface area contributed by atoms with Crippen molar-refractivity contribution < 1.29 is 4.74 Å². The minimum absolute atomic E-state index is 0.114. The molecular formula is C16H29N3O. The Morgan fingerprint density at radius 2 is 1.90 bits per heavy atom. The zero-order chi connectivity index (χ0) is 15.0. The zero-order valence-corrected chi connectivity index (χ0v) is 13.2. The molecule has 0 aromatic carbocycles. The highest BCUT2D eigenvalue weighted by Gasteiger charge is 2.28. The standard InChI is InChI=1S/C16H29N3O/c1-5-13(3)19(11-12-20-4)16(15(17)6-2)14-7-9-18-10-8-14/h7-10,13,15-16H,5-6,11-12,17H2,1-4H3. The van der Waals surface area contributed by atoms with Crippen LogP contribution in [0.3, 0.4) is 0 Å². The molecule has 1 heterocycles. The lowest BCUT2D eigenvalue weighted by molar-refractivity contribution is 0.0754. The topological polar surface area (TPSA) is 51.4 Å². The Labute approximate surface area is 123 Å². The average Bonchev–Trinajstić information content (AvgIpc) is 2.50. The summed E-state index contributed by atoms with van der Waals surface area (Å²) in [6.45, 7) is 8.23. The number of nitrogens with zero attached hydrogens (tertiary/aromatic N) is 2. The van der Waals surface area contributed by atoms with E-state index in [0.717, 1.165) is 26.0 Å². The summed E-state index contributed by atoms with van der Waals surface area (Å²) in [6.07, 6.45) is 5.74. The van der Waals surface area contributed by atoms with Crippen LogP contribution in [-0.4, -0.2) is 42.2 Å². The second kappa shape index (κ2) is 9.06. The van der Waals surface area contributed by atoms with Gasteiger partial charge < -0.3 is 10.5 Å². The molecule has 0 radical (unpaired) electrons. The van der Waals surface area contributed by atoms with Crippen molar-refractivity contribution in [1.29, 1.82) is 0 Å². The maximum atomic E-state index is 6.41. The number of ether oxygens (including phenoxy) is 1. The lowest BCUT2D eigenvalue weighted by Gasteiger charge is -2.39. The van der Waals surface area contributed by atoms with E-state index in [1.807, 2.05) is 12.4 Å². The molecule has 0 saturated heterocycles. The first-order valence-electron chi connectivity index (χ1n) is 7.55. The van der Waals surface area contributed by atoms with Gasteiger partial charge in [0.25, 0.3) is 0 Å². The summed E-state index contributed by atoms with van der Waals surface area (Å²) in [5.41, 5.74) is 7.65. The van der Waals surface area contributed by atoms with E-state index in [9.17, 15) is 0 Å². The minimum atomic E-state index is 0.114. The number of hydrogen-bond acceptors (Lipinski definition) is 4. The smallest absolute Gasteiger partial charge is 0.0590 e. The molecule has 3 unspecified atom stereocenters. The third kappa shape index (κ3) is 4.54. The second-order valence-corrected chi connectivity index (χ2v) is 5.29. The van der Waals surface area contributed by atoms with Crippen molar-refractivity contribution in [3.63, 3.8) is 0 Å². The van der Waals surface area contributed by atoms with Gasteiger partial charge in [-0.2, -0.15) is 0 Å². The summed E-state index contributed by atoms with van der Waals surface area (Å²) in [5, 5.41) is 0. The predicted molar refractivity (Wildman–Crippen MR) is 83.6 cm³/mol. The van der Waals surface area contributed by atoms with Crippen LogP contribution in [0.15, 0.2) is 24.5 Å². The van der Waals surface area contributed by atoms with Crippen LogP contribution in [0.25, 0.3) is 0 Å². The van der Waals surface area contributed by atoms with E-state index in [-0.39, 0.29) is 12.1 Å². The van der Waals surface area contributed by atoms with Crippen molar-refractivity contribution in [3.05, 3.63) is 30.1 Å². The Kier molecular flexibility index (Phi) is 7.73. The van der Waals surface area contributed by atoms with E-state index in [0.29, 0.717) is 6.04 Å². The van der Waals surface area contributed by atoms with Crippen molar-refractivity contribution in [3.8, 4) is 0 Å². The largest absolute Gasteiger partial charge is 0.383 e. The fraction of sp³-hybridized carbons (Fsp3) is 0.688. The molecule has 0 aliphatic carbocycles. The molecule has 0 aliphatic rings. The van der Waals surface area contributed by atoms with E-state index in [1.54, 1.807) is 7.11 Å². The SMILES string of the molecule is CCC(N)C(c1ccncc1)N(CCOC)C(C)CC. The van der Waals surface area contributed by atoms with Crippen molar-refractivity contribution in [2.45, 2.75) is 51.7 Å². The molecule has 1 rings (SSSR count). The molecule has 0 amide bonds. The molecule has 2 N–H and O–H groups in total. The first-order valence-corrected chi connectivity index (χ1v) is 7.55. The van der Waals surface area contributed by atoms with Gasteiger partial charge >= 0.3 is 0 Å². The predicted octanol–water partition coefficient (Wildman–Crippen LogP) is 2.61. The lowest BCUT2D eigenvalue weighted by atomic mass is 9.95. The van der Waals surface area contributed by atoms with E-state index < -0.39 is 0 Å². The molecule has 114 valence electrons. The first kappa shape index (κ1) is 17.1. The fourth-order valence-electron chi connectivity index (χ4n) is 2.53. The van der Waals surface area contributed by atoms with Crippen molar-refractivity contribution in [1.82, 2.24) is 9.88 Å². The van der Waals surface area contributed by atoms with Crippen LogP contribution in [0.4, 0.5) is 0 Å². The van der Waals surface area contributed by atoms with E-state index in [4.69, 9.17) is 10.5 Å². The summed E-state index contributed by atoms with van der Waals surface area (Å²) >= 11 is 0. The average molecular weight is 279 g/mol. The van der Waals surface area contributed by atoms with Crippen LogP contribution in [0.5, 0.6) is 0 Å². The lowest BCUT2D eigenvalue weighted by Crippen LogP contribution is -2.46. The molecule has 3 atom stereocenters. The van der Waals surface area contributed by atoms with Crippen molar-refractivity contribution in [2.75, 3.05) is 20.3 Å². The van der Waals surface area contributed by atoms with Gasteiger partial charge in [-0.15, -0.1) is 0 Å². The first-order chi connectivity index (χ1) is 9.65. The second-order valence-electron chi connectivity index (χ2n) is 5.29. The highest BCUT2D eigenvalue weighted by molar-refractivity contribution is 5.17. The number of methoxy groups -OCH3 is 1. The van der Waals surface area contributed by atoms with E-state index in [2.05, 4.69) is 42.8 Å². The van der Waals surface area contributed by atoms with Crippen molar-refractivity contribution in [2.24, 2.45) is 5.73 Å². The van der Waals surface area contributed by atoms with Gasteiger partial charge in [-0.25, -0.2) is 0 Å². The Morgan fingerprint density at radius 3 is 2.40 bits per heavy atom. The van der Waals surface area contributed by atoms with Gasteiger partial charge in [-0.3, -0.25) is 9.88 Å². The normalized spacial score (nSPS) is 16.1. The highest BCUT2D eigenvalue weighted by Crippen LogP contribution is 2.27. The van der Waals surface area contributed by atoms with E-state index >= 15 is 0 Å². The maximum Gasteiger partial charge on any atom is 0.0590 e. The molecule has 1 aromatic heterocycles. The Morgan fingerprint density at radius 1 is 1.25 bits per heavy atom. The molecule has 4 heteroatoms. The van der Waals surface area contributed by atoms with Gasteiger partial charge in [0.15, 0.2) is 0 Å². The summed E-state index contributed by atoms with van der Waals surface area (Å²) < 4.78 is 5.27. The van der Waals surface area contributed by atoms with Gasteiger partial charge in [0, 0.05) is 38.1 Å². The molecule has 0 saturated carbocycles. The summed E-state index contributed by atoms with van der Waals surface area (Å²) in [6, 6.07) is 4.95. The Hall–Kier alpha value is -0.970. The van der Waals surface area contributed by atoms with Crippen LogP contribution < -0.4 is 5.73 Å². The number of nitrogens with two attached hydrogens (primary N) is 1. The van der Waals surface area contributed by atoms with Crippen LogP contribution in [0.1, 0.15) is 45.2 Å². The quantitative estimate of drug-likeness (QED) is 0.755. The van der Waals surface area contributed by atoms with Gasteiger partial charge in [0.2, 0.25) is 0 Å². The molecule has 0 aliphatic heterocycles. The van der Waals surface area contributed by atoms with Crippen LogP contribution >= 0.6 is 0 Å². The van der Waals surface area contributed by atoms with Gasteiger partial charge in [-0.1, -0.05) is 13.8 Å². The fourth-order valence-corrected chi connectivity index (χ4v) is 2.53. The van der Waals surface area contributed by atoms with Crippen LogP contribution in [-0.2, 0) is 4.74 Å². The molecular weight excluding hydrogens is 250 g/mol. The zero-order valence-electron chi connectivity index (χ0n) is 13.2. The molecule has 0 fully saturated rings. The minimum Gasteiger partial charge on any atom is -0.383 e. The molecule has 0 bridgehead atoms. The molecule has 1 aromatic rings. The third-order valence-corrected chi connectivity index (χ3v) is 3.99. The van der Waals surface area contributed by atoms with Gasteiger partial charge in [0.1, 0.15) is 0 Å². The number of pyridine rings is 1. The number of hydrogen-bond donors (Lipinski definition) is 1. The maximum absolute atomic E-state index is 6.41. The molecule has 4 nitrogen and oxygen atoms in total.